The Bertz CT molecular complexity index is 392. The van der Waals surface area contributed by atoms with E-state index in [1.807, 2.05) is 0 Å². The zero-order valence-electron chi connectivity index (χ0n) is 14.2. The summed E-state index contributed by atoms with van der Waals surface area (Å²) < 4.78 is 0. The molecule has 2 rings (SSSR count). The molecule has 1 aliphatic heterocycles. The lowest BCUT2D eigenvalue weighted by Gasteiger charge is -2.24. The number of hydrogen-bond acceptors (Lipinski definition) is 2. The van der Waals surface area contributed by atoms with E-state index < -0.39 is 0 Å². The van der Waals surface area contributed by atoms with Gasteiger partial charge in [-0.05, 0) is 61.8 Å². The Balaban J connectivity index is 1.95. The van der Waals surface area contributed by atoms with Crippen molar-refractivity contribution in [1.29, 1.82) is 0 Å². The quantitative estimate of drug-likeness (QED) is 0.745. The first-order chi connectivity index (χ1) is 10.0. The van der Waals surface area contributed by atoms with Gasteiger partial charge in [0.15, 0.2) is 0 Å². The topological polar surface area (TPSA) is 15.3 Å². The number of nitrogens with zero attached hydrogens (tertiary/aromatic N) is 1. The van der Waals surface area contributed by atoms with Gasteiger partial charge in [-0.2, -0.15) is 0 Å². The van der Waals surface area contributed by atoms with Crippen molar-refractivity contribution in [3.63, 3.8) is 0 Å². The van der Waals surface area contributed by atoms with E-state index in [2.05, 4.69) is 62.2 Å². The smallest absolute Gasteiger partial charge is 0.0367 e. The van der Waals surface area contributed by atoms with Crippen LogP contribution in [0.5, 0.6) is 0 Å². The van der Waals surface area contributed by atoms with Crippen LogP contribution in [0.4, 0.5) is 11.4 Å². The van der Waals surface area contributed by atoms with Crippen LogP contribution in [-0.4, -0.2) is 19.1 Å². The molecular weight excluding hydrogens is 256 g/mol. The highest BCUT2D eigenvalue weighted by Gasteiger charge is 2.14. The summed E-state index contributed by atoms with van der Waals surface area (Å²) in [5, 5.41) is 3.74. The van der Waals surface area contributed by atoms with E-state index in [-0.39, 0.29) is 0 Å². The van der Waals surface area contributed by atoms with Crippen LogP contribution < -0.4 is 10.2 Å². The minimum absolute atomic E-state index is 0.586. The maximum absolute atomic E-state index is 3.74. The molecular formula is C19H32N2. The molecule has 1 saturated heterocycles. The second-order valence-electron chi connectivity index (χ2n) is 7.34. The van der Waals surface area contributed by atoms with Crippen molar-refractivity contribution in [1.82, 2.24) is 0 Å². The lowest BCUT2D eigenvalue weighted by atomic mass is 9.95. The molecule has 1 aliphatic rings. The summed E-state index contributed by atoms with van der Waals surface area (Å²) in [7, 11) is 0. The lowest BCUT2D eigenvalue weighted by molar-refractivity contribution is 0.442. The monoisotopic (exact) mass is 288 g/mol. The second-order valence-corrected chi connectivity index (χ2v) is 7.34. The zero-order chi connectivity index (χ0) is 15.2. The fourth-order valence-corrected chi connectivity index (χ4v) is 3.33. The van der Waals surface area contributed by atoms with Crippen LogP contribution >= 0.6 is 0 Å². The fourth-order valence-electron chi connectivity index (χ4n) is 3.33. The van der Waals surface area contributed by atoms with Gasteiger partial charge in [-0.1, -0.05) is 27.7 Å². The number of rotatable bonds is 7. The van der Waals surface area contributed by atoms with Crippen LogP contribution in [0.15, 0.2) is 24.3 Å². The van der Waals surface area contributed by atoms with Crippen molar-refractivity contribution < 1.29 is 0 Å². The predicted molar refractivity (Wildman–Crippen MR) is 94.2 cm³/mol. The molecule has 21 heavy (non-hydrogen) atoms. The molecule has 1 N–H and O–H groups in total. The van der Waals surface area contributed by atoms with Crippen LogP contribution in [0, 0.1) is 11.8 Å². The molecule has 1 fully saturated rings. The first kappa shape index (κ1) is 16.2. The third kappa shape index (κ3) is 5.26. The summed E-state index contributed by atoms with van der Waals surface area (Å²) in [5.41, 5.74) is 2.64. The molecule has 0 bridgehead atoms. The van der Waals surface area contributed by atoms with Gasteiger partial charge in [-0.3, -0.25) is 0 Å². The van der Waals surface area contributed by atoms with Crippen LogP contribution in [0.3, 0.4) is 0 Å². The average Bonchev–Trinajstić information content (AvgIpc) is 2.91. The van der Waals surface area contributed by atoms with Gasteiger partial charge in [0.05, 0.1) is 0 Å². The molecule has 1 aromatic rings. The standard InChI is InChI=1S/C19H32N2/c1-15(2)13-18(14-16(3)4)20-17-7-9-19(10-8-17)21-11-5-6-12-21/h7-10,15-16,18,20H,5-6,11-14H2,1-4H3. The summed E-state index contributed by atoms with van der Waals surface area (Å²) in [6, 6.07) is 9.63. The van der Waals surface area contributed by atoms with Crippen molar-refractivity contribution in [3.8, 4) is 0 Å². The molecule has 0 saturated carbocycles. The molecule has 0 amide bonds. The molecule has 0 aliphatic carbocycles. The van der Waals surface area contributed by atoms with Crippen LogP contribution in [0.25, 0.3) is 0 Å². The summed E-state index contributed by atoms with van der Waals surface area (Å²) in [4.78, 5) is 2.49. The fraction of sp³-hybridized carbons (Fsp3) is 0.684. The van der Waals surface area contributed by atoms with Crippen molar-refractivity contribution in [2.24, 2.45) is 11.8 Å². The molecule has 1 aromatic carbocycles. The number of benzene rings is 1. The van der Waals surface area contributed by atoms with E-state index >= 15 is 0 Å². The van der Waals surface area contributed by atoms with Crippen molar-refractivity contribution in [2.75, 3.05) is 23.3 Å². The molecule has 2 nitrogen and oxygen atoms in total. The van der Waals surface area contributed by atoms with Crippen molar-refractivity contribution in [3.05, 3.63) is 24.3 Å². The molecule has 0 aromatic heterocycles. The Morgan fingerprint density at radius 2 is 1.43 bits per heavy atom. The van der Waals surface area contributed by atoms with Crippen LogP contribution in [-0.2, 0) is 0 Å². The Labute approximate surface area is 130 Å². The Morgan fingerprint density at radius 1 is 0.905 bits per heavy atom. The van der Waals surface area contributed by atoms with Crippen molar-refractivity contribution in [2.45, 2.75) is 59.4 Å². The summed E-state index contributed by atoms with van der Waals surface area (Å²) in [5.74, 6) is 1.48. The second kappa shape index (κ2) is 7.72. The highest BCUT2D eigenvalue weighted by molar-refractivity contribution is 5.55. The van der Waals surface area contributed by atoms with E-state index in [1.165, 1.54) is 50.1 Å². The largest absolute Gasteiger partial charge is 0.382 e. The van der Waals surface area contributed by atoms with Gasteiger partial charge < -0.3 is 10.2 Å². The maximum Gasteiger partial charge on any atom is 0.0367 e. The van der Waals surface area contributed by atoms with Gasteiger partial charge >= 0.3 is 0 Å². The van der Waals surface area contributed by atoms with E-state index in [0.717, 1.165) is 11.8 Å². The summed E-state index contributed by atoms with van der Waals surface area (Å²) in [6.45, 7) is 11.7. The Hall–Kier alpha value is -1.18. The SMILES string of the molecule is CC(C)CC(CC(C)C)Nc1ccc(N2CCCC2)cc1. The highest BCUT2D eigenvalue weighted by atomic mass is 15.1. The van der Waals surface area contributed by atoms with Gasteiger partial charge in [0.25, 0.3) is 0 Å². The first-order valence-corrected chi connectivity index (χ1v) is 8.66. The molecule has 0 atom stereocenters. The van der Waals surface area contributed by atoms with E-state index in [1.54, 1.807) is 0 Å². The molecule has 0 radical (unpaired) electrons. The number of nitrogens with one attached hydrogen (secondary N) is 1. The average molecular weight is 288 g/mol. The minimum atomic E-state index is 0.586. The zero-order valence-corrected chi connectivity index (χ0v) is 14.2. The summed E-state index contributed by atoms with van der Waals surface area (Å²) in [6.07, 6.45) is 5.16. The summed E-state index contributed by atoms with van der Waals surface area (Å²) >= 11 is 0. The first-order valence-electron chi connectivity index (χ1n) is 8.66. The third-order valence-corrected chi connectivity index (χ3v) is 4.22. The molecule has 0 unspecified atom stereocenters. The van der Waals surface area contributed by atoms with Gasteiger partial charge in [0, 0.05) is 30.5 Å². The van der Waals surface area contributed by atoms with Gasteiger partial charge in [0.2, 0.25) is 0 Å². The van der Waals surface area contributed by atoms with Gasteiger partial charge in [-0.25, -0.2) is 0 Å². The minimum Gasteiger partial charge on any atom is -0.382 e. The molecule has 0 spiro atoms. The van der Waals surface area contributed by atoms with E-state index in [4.69, 9.17) is 0 Å². The van der Waals surface area contributed by atoms with Crippen molar-refractivity contribution >= 4 is 11.4 Å². The molecule has 118 valence electrons. The van der Waals surface area contributed by atoms with E-state index in [9.17, 15) is 0 Å². The number of anilines is 2. The van der Waals surface area contributed by atoms with Gasteiger partial charge in [-0.15, -0.1) is 0 Å². The lowest BCUT2D eigenvalue weighted by Crippen LogP contribution is -2.23. The van der Waals surface area contributed by atoms with E-state index in [0.29, 0.717) is 6.04 Å². The molecule has 2 heteroatoms. The number of hydrogen-bond donors (Lipinski definition) is 1. The molecule has 1 heterocycles. The maximum atomic E-state index is 3.74. The van der Waals surface area contributed by atoms with Gasteiger partial charge in [0.1, 0.15) is 0 Å². The van der Waals surface area contributed by atoms with Crippen LogP contribution in [0.1, 0.15) is 53.4 Å². The highest BCUT2D eigenvalue weighted by Crippen LogP contribution is 2.24. The van der Waals surface area contributed by atoms with Crippen LogP contribution in [0.2, 0.25) is 0 Å². The predicted octanol–water partition coefficient (Wildman–Crippen LogP) is 5.16. The Kier molecular flexibility index (Phi) is 5.96. The third-order valence-electron chi connectivity index (χ3n) is 4.22. The Morgan fingerprint density at radius 3 is 1.90 bits per heavy atom. The normalized spacial score (nSPS) is 15.5.